The lowest BCUT2D eigenvalue weighted by atomic mass is 10.2. The molecule has 2 aromatic carbocycles. The highest BCUT2D eigenvalue weighted by Gasteiger charge is 2.33. The Morgan fingerprint density at radius 1 is 0.926 bits per heavy atom. The summed E-state index contributed by atoms with van der Waals surface area (Å²) in [6, 6.07) is 9.94. The molecule has 0 saturated carbocycles. The Bertz CT molecular complexity index is 908. The van der Waals surface area contributed by atoms with Gasteiger partial charge in [-0.15, -0.1) is 0 Å². The fraction of sp³-hybridized carbons (Fsp3) is 0.333. The van der Waals surface area contributed by atoms with Crippen molar-refractivity contribution in [2.24, 2.45) is 0 Å². The second-order valence-electron chi connectivity index (χ2n) is 6.34. The molecule has 4 nitrogen and oxygen atoms in total. The third kappa shape index (κ3) is 4.66. The summed E-state index contributed by atoms with van der Waals surface area (Å²) in [6.45, 7) is 1.63. The van der Waals surface area contributed by atoms with Gasteiger partial charge in [0.15, 0.2) is 0 Å². The summed E-state index contributed by atoms with van der Waals surface area (Å²) in [5, 5.41) is 0. The average Bonchev–Trinajstić information content (AvgIpc) is 2.62. The lowest BCUT2D eigenvalue weighted by Crippen LogP contribution is -2.48. The van der Waals surface area contributed by atoms with Crippen molar-refractivity contribution in [3.63, 3.8) is 0 Å². The third-order valence-corrected chi connectivity index (χ3v) is 6.32. The molecule has 0 unspecified atom stereocenters. The Hall–Kier alpha value is -1.97. The van der Waals surface area contributed by atoms with Gasteiger partial charge in [0.1, 0.15) is 5.82 Å². The van der Waals surface area contributed by atoms with Crippen LogP contribution in [0, 0.1) is 5.82 Å². The van der Waals surface area contributed by atoms with Gasteiger partial charge < -0.3 is 0 Å². The van der Waals surface area contributed by atoms with Crippen LogP contribution in [-0.4, -0.2) is 43.8 Å². The van der Waals surface area contributed by atoms with Gasteiger partial charge in [-0.25, -0.2) is 12.8 Å². The van der Waals surface area contributed by atoms with E-state index in [9.17, 15) is 26.0 Å². The van der Waals surface area contributed by atoms with Crippen LogP contribution in [-0.2, 0) is 22.7 Å². The van der Waals surface area contributed by atoms with Gasteiger partial charge in [-0.3, -0.25) is 4.90 Å². The Labute approximate surface area is 155 Å². The lowest BCUT2D eigenvalue weighted by Gasteiger charge is -2.34. The van der Waals surface area contributed by atoms with Crippen molar-refractivity contribution in [1.82, 2.24) is 9.21 Å². The van der Waals surface area contributed by atoms with Gasteiger partial charge >= 0.3 is 6.18 Å². The monoisotopic (exact) mass is 402 g/mol. The zero-order valence-corrected chi connectivity index (χ0v) is 15.1. The summed E-state index contributed by atoms with van der Waals surface area (Å²) >= 11 is 0. The first-order valence-corrected chi connectivity index (χ1v) is 9.74. The minimum absolute atomic E-state index is 0.161. The fourth-order valence-electron chi connectivity index (χ4n) is 3.00. The van der Waals surface area contributed by atoms with Crippen molar-refractivity contribution < 1.29 is 26.0 Å². The van der Waals surface area contributed by atoms with Crippen molar-refractivity contribution >= 4 is 10.0 Å². The highest BCUT2D eigenvalue weighted by Crippen LogP contribution is 2.31. The number of halogens is 4. The minimum atomic E-state index is -4.60. The van der Waals surface area contributed by atoms with E-state index in [0.29, 0.717) is 25.7 Å². The second kappa shape index (κ2) is 7.57. The Kier molecular flexibility index (Phi) is 5.55. The summed E-state index contributed by atoms with van der Waals surface area (Å²) in [5.41, 5.74) is -0.211. The van der Waals surface area contributed by atoms with E-state index in [4.69, 9.17) is 0 Å². The summed E-state index contributed by atoms with van der Waals surface area (Å²) < 4.78 is 78.3. The predicted molar refractivity (Wildman–Crippen MR) is 91.9 cm³/mol. The fourth-order valence-corrected chi connectivity index (χ4v) is 4.47. The van der Waals surface area contributed by atoms with Crippen LogP contribution in [0.15, 0.2) is 53.4 Å². The maximum atomic E-state index is 13.3. The molecule has 146 valence electrons. The molecular formula is C18H18F4N2O2S. The highest BCUT2D eigenvalue weighted by molar-refractivity contribution is 7.89. The van der Waals surface area contributed by atoms with E-state index in [-0.39, 0.29) is 23.8 Å². The molecular weight excluding hydrogens is 384 g/mol. The van der Waals surface area contributed by atoms with Crippen molar-refractivity contribution in [2.75, 3.05) is 26.2 Å². The van der Waals surface area contributed by atoms with Crippen LogP contribution in [0.4, 0.5) is 17.6 Å². The lowest BCUT2D eigenvalue weighted by molar-refractivity contribution is -0.137. The molecule has 1 aliphatic heterocycles. The van der Waals surface area contributed by atoms with Crippen LogP contribution in [0.25, 0.3) is 0 Å². The number of sulfonamides is 1. The van der Waals surface area contributed by atoms with E-state index in [1.165, 1.54) is 22.5 Å². The minimum Gasteiger partial charge on any atom is -0.296 e. The van der Waals surface area contributed by atoms with E-state index in [1.54, 1.807) is 12.1 Å². The summed E-state index contributed by atoms with van der Waals surface area (Å²) in [5.74, 6) is -0.335. The molecule has 0 amide bonds. The van der Waals surface area contributed by atoms with Gasteiger partial charge in [-0.05, 0) is 35.9 Å². The number of alkyl halides is 3. The molecule has 1 fully saturated rings. The Morgan fingerprint density at radius 2 is 1.59 bits per heavy atom. The van der Waals surface area contributed by atoms with E-state index in [2.05, 4.69) is 0 Å². The summed E-state index contributed by atoms with van der Waals surface area (Å²) in [7, 11) is -4.00. The largest absolute Gasteiger partial charge is 0.416 e. The summed E-state index contributed by atoms with van der Waals surface area (Å²) in [4.78, 5) is 1.61. The first-order chi connectivity index (χ1) is 12.7. The molecule has 0 aromatic heterocycles. The number of nitrogens with zero attached hydrogens (tertiary/aromatic N) is 2. The molecule has 3 rings (SSSR count). The normalized spacial score (nSPS) is 17.2. The van der Waals surface area contributed by atoms with Crippen LogP contribution in [0.5, 0.6) is 0 Å². The van der Waals surface area contributed by atoms with E-state index in [1.807, 2.05) is 4.90 Å². The van der Waals surface area contributed by atoms with E-state index >= 15 is 0 Å². The number of benzene rings is 2. The van der Waals surface area contributed by atoms with Gasteiger partial charge in [0.05, 0.1) is 10.5 Å². The highest BCUT2D eigenvalue weighted by atomic mass is 32.2. The van der Waals surface area contributed by atoms with Crippen LogP contribution in [0.3, 0.4) is 0 Å². The number of rotatable bonds is 4. The predicted octanol–water partition coefficient (Wildman–Crippen LogP) is 3.35. The number of hydrogen-bond acceptors (Lipinski definition) is 3. The van der Waals surface area contributed by atoms with Crippen LogP contribution >= 0.6 is 0 Å². The standard InChI is InChI=1S/C18H18F4N2O2S/c19-16-5-1-3-14(11-16)13-23-7-9-24(10-8-23)27(25,26)17-6-2-4-15(12-17)18(20,21)22/h1-6,11-12H,7-10,13H2. The van der Waals surface area contributed by atoms with Gasteiger partial charge in [-0.2, -0.15) is 17.5 Å². The number of hydrogen-bond donors (Lipinski definition) is 0. The molecule has 0 aliphatic carbocycles. The van der Waals surface area contributed by atoms with Crippen molar-refractivity contribution in [3.05, 3.63) is 65.5 Å². The zero-order chi connectivity index (χ0) is 19.7. The molecule has 0 radical (unpaired) electrons. The van der Waals surface area contributed by atoms with Gasteiger partial charge in [0.25, 0.3) is 0 Å². The smallest absolute Gasteiger partial charge is 0.296 e. The van der Waals surface area contributed by atoms with Crippen LogP contribution in [0.2, 0.25) is 0 Å². The summed E-state index contributed by atoms with van der Waals surface area (Å²) in [6.07, 6.45) is -4.60. The topological polar surface area (TPSA) is 40.6 Å². The maximum Gasteiger partial charge on any atom is 0.416 e. The molecule has 0 N–H and O–H groups in total. The molecule has 1 aliphatic rings. The molecule has 0 atom stereocenters. The molecule has 27 heavy (non-hydrogen) atoms. The first-order valence-electron chi connectivity index (χ1n) is 8.30. The Balaban J connectivity index is 1.68. The molecule has 1 saturated heterocycles. The SMILES string of the molecule is O=S(=O)(c1cccc(C(F)(F)F)c1)N1CCN(Cc2cccc(F)c2)CC1. The molecule has 2 aromatic rings. The van der Waals surface area contributed by atoms with E-state index in [0.717, 1.165) is 17.7 Å². The third-order valence-electron chi connectivity index (χ3n) is 4.43. The quantitative estimate of drug-likeness (QED) is 0.737. The zero-order valence-electron chi connectivity index (χ0n) is 14.3. The molecule has 1 heterocycles. The van der Waals surface area contributed by atoms with Crippen LogP contribution in [0.1, 0.15) is 11.1 Å². The van der Waals surface area contributed by atoms with Crippen molar-refractivity contribution in [1.29, 1.82) is 0 Å². The second-order valence-corrected chi connectivity index (χ2v) is 8.27. The van der Waals surface area contributed by atoms with Crippen molar-refractivity contribution in [3.8, 4) is 0 Å². The molecule has 0 bridgehead atoms. The van der Waals surface area contributed by atoms with Gasteiger partial charge in [0.2, 0.25) is 10.0 Å². The Morgan fingerprint density at radius 3 is 2.22 bits per heavy atom. The average molecular weight is 402 g/mol. The van der Waals surface area contributed by atoms with E-state index < -0.39 is 21.8 Å². The van der Waals surface area contributed by atoms with Crippen molar-refractivity contribution in [2.45, 2.75) is 17.6 Å². The maximum absolute atomic E-state index is 13.3. The number of piperazine rings is 1. The molecule has 0 spiro atoms. The van der Waals surface area contributed by atoms with Gasteiger partial charge in [-0.1, -0.05) is 18.2 Å². The van der Waals surface area contributed by atoms with Gasteiger partial charge in [0, 0.05) is 32.7 Å². The van der Waals surface area contributed by atoms with Crippen LogP contribution < -0.4 is 0 Å². The molecule has 9 heteroatoms. The first kappa shape index (κ1) is 19.8.